The zero-order valence-corrected chi connectivity index (χ0v) is 13.1. The molecule has 1 fully saturated rings. The minimum Gasteiger partial charge on any atom is -0.382 e. The highest BCUT2D eigenvalue weighted by Crippen LogP contribution is 2.24. The van der Waals surface area contributed by atoms with E-state index in [1.807, 2.05) is 0 Å². The molecule has 1 amide bonds. The number of hydrogen-bond donors (Lipinski definition) is 1. The summed E-state index contributed by atoms with van der Waals surface area (Å²) in [5, 5.41) is 6.86. The van der Waals surface area contributed by atoms with Gasteiger partial charge in [0.15, 0.2) is 0 Å². The average molecular weight is 353 g/mol. The van der Waals surface area contributed by atoms with Crippen molar-refractivity contribution in [3.63, 3.8) is 0 Å². The van der Waals surface area contributed by atoms with E-state index in [0.717, 1.165) is 9.58 Å². The number of carbonyl (C=O) groups is 1. The van der Waals surface area contributed by atoms with E-state index >= 15 is 0 Å². The van der Waals surface area contributed by atoms with Crippen LogP contribution in [0.3, 0.4) is 0 Å². The van der Waals surface area contributed by atoms with Gasteiger partial charge in [-0.25, -0.2) is 4.68 Å². The van der Waals surface area contributed by atoms with Gasteiger partial charge in [0.05, 0.1) is 11.9 Å². The number of anilines is 1. The average Bonchev–Trinajstić information content (AvgIpc) is 2.51. The number of halogens is 4. The molecule has 0 unspecified atom stereocenters. The molecule has 0 spiro atoms. The molecule has 1 aromatic heterocycles. The largest absolute Gasteiger partial charge is 0.471 e. The fraction of sp³-hybridized carbons (Fsp3) is 0.615. The van der Waals surface area contributed by atoms with Crippen LogP contribution >= 0.6 is 11.6 Å². The number of alkyl halides is 3. The highest BCUT2D eigenvalue weighted by molar-refractivity contribution is 6.32. The number of nitrogens with zero attached hydrogens (tertiary/aromatic N) is 3. The molecular weight excluding hydrogens is 337 g/mol. The molecule has 0 saturated carbocycles. The van der Waals surface area contributed by atoms with Crippen LogP contribution in [-0.4, -0.2) is 46.4 Å². The molecule has 6 nitrogen and oxygen atoms in total. The smallest absolute Gasteiger partial charge is 0.382 e. The highest BCUT2D eigenvalue weighted by Gasteiger charge is 2.43. The molecule has 0 bridgehead atoms. The monoisotopic (exact) mass is 352 g/mol. The Balaban J connectivity index is 1.87. The maximum absolute atomic E-state index is 12.4. The molecule has 1 aromatic rings. The van der Waals surface area contributed by atoms with Crippen LogP contribution in [-0.2, 0) is 11.8 Å². The molecule has 128 valence electrons. The molecule has 10 heteroatoms. The van der Waals surface area contributed by atoms with Crippen molar-refractivity contribution in [1.29, 1.82) is 0 Å². The Labute approximate surface area is 135 Å². The Morgan fingerprint density at radius 3 is 2.61 bits per heavy atom. The van der Waals surface area contributed by atoms with Crippen molar-refractivity contribution < 1.29 is 18.0 Å². The van der Waals surface area contributed by atoms with Crippen molar-refractivity contribution in [2.24, 2.45) is 13.0 Å². The molecule has 2 rings (SSSR count). The van der Waals surface area contributed by atoms with Gasteiger partial charge in [-0.05, 0) is 18.8 Å². The molecule has 1 aliphatic rings. The highest BCUT2D eigenvalue weighted by atomic mass is 35.5. The number of hydrogen-bond acceptors (Lipinski definition) is 4. The lowest BCUT2D eigenvalue weighted by Crippen LogP contribution is -2.46. The Morgan fingerprint density at radius 2 is 2.04 bits per heavy atom. The third-order valence-electron chi connectivity index (χ3n) is 3.80. The first-order valence-electron chi connectivity index (χ1n) is 7.02. The van der Waals surface area contributed by atoms with Gasteiger partial charge in [0, 0.05) is 26.7 Å². The third kappa shape index (κ3) is 4.15. The van der Waals surface area contributed by atoms with Gasteiger partial charge in [0.1, 0.15) is 5.02 Å². The van der Waals surface area contributed by atoms with E-state index < -0.39 is 17.6 Å². The van der Waals surface area contributed by atoms with Crippen LogP contribution in [0.5, 0.6) is 0 Å². The summed E-state index contributed by atoms with van der Waals surface area (Å²) in [5.74, 6) is -1.70. The Kier molecular flexibility index (Phi) is 5.18. The normalized spacial score (nSPS) is 16.5. The molecule has 0 aromatic carbocycles. The van der Waals surface area contributed by atoms with Crippen molar-refractivity contribution in [1.82, 2.24) is 14.7 Å². The minimum atomic E-state index is -4.83. The van der Waals surface area contributed by atoms with E-state index in [1.54, 1.807) is 0 Å². The number of nitrogens with one attached hydrogen (secondary N) is 1. The fourth-order valence-electron chi connectivity index (χ4n) is 2.41. The van der Waals surface area contributed by atoms with Gasteiger partial charge in [-0.15, -0.1) is 0 Å². The Hall–Kier alpha value is -1.77. The van der Waals surface area contributed by atoms with E-state index in [-0.39, 0.29) is 24.0 Å². The summed E-state index contributed by atoms with van der Waals surface area (Å²) >= 11 is 5.92. The van der Waals surface area contributed by atoms with E-state index in [9.17, 15) is 22.8 Å². The van der Waals surface area contributed by atoms with Gasteiger partial charge < -0.3 is 10.2 Å². The number of likely N-dealkylation sites (tertiary alicyclic amines) is 1. The van der Waals surface area contributed by atoms with Gasteiger partial charge >= 0.3 is 12.1 Å². The first kappa shape index (κ1) is 17.6. The van der Waals surface area contributed by atoms with Crippen molar-refractivity contribution >= 4 is 23.2 Å². The maximum atomic E-state index is 12.4. The van der Waals surface area contributed by atoms with E-state index in [2.05, 4.69) is 10.4 Å². The summed E-state index contributed by atoms with van der Waals surface area (Å²) in [6.07, 6.45) is -2.50. The van der Waals surface area contributed by atoms with Crippen molar-refractivity contribution in [2.75, 3.05) is 25.0 Å². The second-order valence-electron chi connectivity index (χ2n) is 5.42. The third-order valence-corrected chi connectivity index (χ3v) is 4.17. The van der Waals surface area contributed by atoms with Gasteiger partial charge in [-0.3, -0.25) is 9.59 Å². The SMILES string of the molecule is Cn1ncc(NCC2CCN(C(=O)C(F)(F)F)CC2)c(Cl)c1=O. The molecule has 1 aliphatic heterocycles. The predicted octanol–water partition coefficient (Wildman–Crippen LogP) is 1.65. The summed E-state index contributed by atoms with van der Waals surface area (Å²) in [6.45, 7) is 0.572. The second kappa shape index (κ2) is 6.77. The van der Waals surface area contributed by atoms with Crippen molar-refractivity contribution in [2.45, 2.75) is 19.0 Å². The second-order valence-corrected chi connectivity index (χ2v) is 5.79. The number of amides is 1. The summed E-state index contributed by atoms with van der Waals surface area (Å²) in [7, 11) is 1.48. The topological polar surface area (TPSA) is 67.2 Å². The zero-order chi connectivity index (χ0) is 17.2. The predicted molar refractivity (Wildman–Crippen MR) is 78.3 cm³/mol. The molecule has 1 saturated heterocycles. The Bertz CT molecular complexity index is 639. The maximum Gasteiger partial charge on any atom is 0.471 e. The standard InChI is InChI=1S/C13H16ClF3N4O2/c1-20-11(22)10(14)9(7-19-20)18-6-8-2-4-21(5-3-8)12(23)13(15,16)17/h7-8,18H,2-6H2,1H3. The van der Waals surface area contributed by atoms with Gasteiger partial charge in [0.2, 0.25) is 0 Å². The molecule has 2 heterocycles. The molecule has 1 N–H and O–H groups in total. The number of aromatic nitrogens is 2. The van der Waals surface area contributed by atoms with E-state index in [4.69, 9.17) is 11.6 Å². The summed E-state index contributed by atoms with van der Waals surface area (Å²) in [5.41, 5.74) is -0.0363. The number of piperidine rings is 1. The van der Waals surface area contributed by atoms with Crippen LogP contribution in [0.1, 0.15) is 12.8 Å². The summed E-state index contributed by atoms with van der Waals surface area (Å²) < 4.78 is 38.2. The summed E-state index contributed by atoms with van der Waals surface area (Å²) in [6, 6.07) is 0. The lowest BCUT2D eigenvalue weighted by atomic mass is 9.96. The molecule has 0 aliphatic carbocycles. The number of rotatable bonds is 3. The van der Waals surface area contributed by atoms with Crippen LogP contribution in [0, 0.1) is 5.92 Å². The zero-order valence-electron chi connectivity index (χ0n) is 12.4. The lowest BCUT2D eigenvalue weighted by Gasteiger charge is -2.32. The Morgan fingerprint density at radius 1 is 1.43 bits per heavy atom. The molecule has 23 heavy (non-hydrogen) atoms. The van der Waals surface area contributed by atoms with E-state index in [1.165, 1.54) is 13.2 Å². The van der Waals surface area contributed by atoms with Gasteiger partial charge in [0.25, 0.3) is 5.56 Å². The van der Waals surface area contributed by atoms with Crippen LogP contribution in [0.4, 0.5) is 18.9 Å². The van der Waals surface area contributed by atoms with Crippen LogP contribution in [0.2, 0.25) is 5.02 Å². The van der Waals surface area contributed by atoms with Crippen molar-refractivity contribution in [3.8, 4) is 0 Å². The van der Waals surface area contributed by atoms with Gasteiger partial charge in [-0.1, -0.05) is 11.6 Å². The number of carbonyl (C=O) groups excluding carboxylic acids is 1. The quantitative estimate of drug-likeness (QED) is 0.898. The fourth-order valence-corrected chi connectivity index (χ4v) is 2.65. The van der Waals surface area contributed by atoms with Crippen LogP contribution in [0.15, 0.2) is 11.0 Å². The summed E-state index contributed by atoms with van der Waals surface area (Å²) in [4.78, 5) is 23.6. The molecular formula is C13H16ClF3N4O2. The first-order valence-corrected chi connectivity index (χ1v) is 7.39. The van der Waals surface area contributed by atoms with Crippen molar-refractivity contribution in [3.05, 3.63) is 21.6 Å². The molecule has 0 atom stereocenters. The van der Waals surface area contributed by atoms with Crippen LogP contribution in [0.25, 0.3) is 0 Å². The number of aryl methyl sites for hydroxylation is 1. The van der Waals surface area contributed by atoms with Gasteiger partial charge in [-0.2, -0.15) is 18.3 Å². The lowest BCUT2D eigenvalue weighted by molar-refractivity contribution is -0.186. The van der Waals surface area contributed by atoms with E-state index in [0.29, 0.717) is 25.1 Å². The van der Waals surface area contributed by atoms with Crippen LogP contribution < -0.4 is 10.9 Å². The minimum absolute atomic E-state index is 0.0205. The first-order chi connectivity index (χ1) is 10.7. The molecule has 0 radical (unpaired) electrons.